The van der Waals surface area contributed by atoms with Crippen LogP contribution in [0.25, 0.3) is 0 Å². The second-order valence-electron chi connectivity index (χ2n) is 5.00. The van der Waals surface area contributed by atoms with E-state index in [-0.39, 0.29) is 12.4 Å². The molecular weight excluding hydrogens is 490 g/mol. The third-order valence-corrected chi connectivity index (χ3v) is 6.14. The number of halogens is 3. The Kier molecular flexibility index (Phi) is 7.18. The normalized spacial score (nSPS) is 12.5. The van der Waals surface area contributed by atoms with E-state index in [2.05, 4.69) is 47.8 Å². The van der Waals surface area contributed by atoms with Crippen molar-refractivity contribution in [1.82, 2.24) is 0 Å². The second kappa shape index (κ2) is 7.77. The van der Waals surface area contributed by atoms with Gasteiger partial charge in [-0.05, 0) is 56.8 Å². The average molecular weight is 508 g/mol. The lowest BCUT2D eigenvalue weighted by Crippen LogP contribution is -2.37. The third-order valence-electron chi connectivity index (χ3n) is 3.49. The molecule has 0 saturated heterocycles. The van der Waals surface area contributed by atoms with E-state index in [0.717, 1.165) is 13.4 Å². The van der Waals surface area contributed by atoms with Crippen molar-refractivity contribution in [2.75, 3.05) is 12.4 Å². The van der Waals surface area contributed by atoms with Gasteiger partial charge in [-0.1, -0.05) is 29.8 Å². The summed E-state index contributed by atoms with van der Waals surface area (Å²) in [4.78, 5) is 0. The van der Waals surface area contributed by atoms with Gasteiger partial charge in [0.2, 0.25) is 10.0 Å². The molecule has 1 rings (SSSR count). The largest absolute Gasteiger partial charge is 0.491 e. The molecule has 1 aromatic carbocycles. The van der Waals surface area contributed by atoms with E-state index in [0.29, 0.717) is 18.6 Å². The van der Waals surface area contributed by atoms with Gasteiger partial charge in [0.1, 0.15) is 5.75 Å². The summed E-state index contributed by atoms with van der Waals surface area (Å²) in [5.74, 6) is 0.567. The maximum absolute atomic E-state index is 11.5. The minimum Gasteiger partial charge on any atom is -0.491 e. The van der Waals surface area contributed by atoms with Crippen LogP contribution in [0.2, 0.25) is 0 Å². The van der Waals surface area contributed by atoms with E-state index in [9.17, 15) is 8.42 Å². The van der Waals surface area contributed by atoms with E-state index < -0.39 is 15.4 Å². The fourth-order valence-corrected chi connectivity index (χ4v) is 5.85. The van der Waals surface area contributed by atoms with Crippen molar-refractivity contribution in [3.8, 4) is 5.75 Å². The van der Waals surface area contributed by atoms with Crippen LogP contribution in [0, 0.1) is 5.41 Å². The third kappa shape index (κ3) is 5.82. The standard InChI is InChI=1S/C13H18Br3NO3S/c1-3-13(4-2,8-21(17,18)19)7-20-12-10(15)5-9(14)6-11(12)16/h5-6H,3-4,7-8H2,1-2H3,(H2,17,18,19). The van der Waals surface area contributed by atoms with E-state index in [4.69, 9.17) is 9.88 Å². The van der Waals surface area contributed by atoms with E-state index in [1.807, 2.05) is 26.0 Å². The lowest BCUT2D eigenvalue weighted by Gasteiger charge is -2.30. The van der Waals surface area contributed by atoms with Crippen LogP contribution in [0.3, 0.4) is 0 Å². The SMILES string of the molecule is CCC(CC)(COc1c(Br)cc(Br)cc1Br)CS(N)(=O)=O. The van der Waals surface area contributed by atoms with Crippen LogP contribution in [-0.4, -0.2) is 20.8 Å². The molecule has 0 amide bonds. The van der Waals surface area contributed by atoms with Gasteiger partial charge in [-0.3, -0.25) is 0 Å². The number of primary sulfonamides is 1. The molecule has 120 valence electrons. The number of hydrogen-bond donors (Lipinski definition) is 1. The minimum atomic E-state index is -3.55. The average Bonchev–Trinajstić information content (AvgIpc) is 2.34. The number of sulfonamides is 1. The van der Waals surface area contributed by atoms with Crippen LogP contribution in [0.4, 0.5) is 0 Å². The van der Waals surface area contributed by atoms with Crippen molar-refractivity contribution in [3.05, 3.63) is 25.6 Å². The maximum Gasteiger partial charge on any atom is 0.209 e. The van der Waals surface area contributed by atoms with Crippen molar-refractivity contribution in [2.45, 2.75) is 26.7 Å². The smallest absolute Gasteiger partial charge is 0.209 e. The van der Waals surface area contributed by atoms with Gasteiger partial charge in [0, 0.05) is 9.89 Å². The van der Waals surface area contributed by atoms with Crippen LogP contribution in [0.15, 0.2) is 25.6 Å². The summed E-state index contributed by atoms with van der Waals surface area (Å²) in [6.07, 6.45) is 1.34. The van der Waals surface area contributed by atoms with Crippen LogP contribution >= 0.6 is 47.8 Å². The fourth-order valence-electron chi connectivity index (χ4n) is 2.02. The number of nitrogens with two attached hydrogens (primary N) is 1. The molecule has 2 N–H and O–H groups in total. The molecule has 0 heterocycles. The van der Waals surface area contributed by atoms with Gasteiger partial charge in [-0.25, -0.2) is 13.6 Å². The Labute approximate surface area is 151 Å². The molecule has 4 nitrogen and oxygen atoms in total. The highest BCUT2D eigenvalue weighted by molar-refractivity contribution is 9.11. The molecule has 0 aliphatic carbocycles. The molecule has 0 atom stereocenters. The Morgan fingerprint density at radius 3 is 2.00 bits per heavy atom. The maximum atomic E-state index is 11.5. The van der Waals surface area contributed by atoms with Crippen LogP contribution in [-0.2, 0) is 10.0 Å². The zero-order valence-corrected chi connectivity index (χ0v) is 17.4. The molecule has 8 heteroatoms. The first kappa shape index (κ1) is 19.4. The summed E-state index contributed by atoms with van der Waals surface area (Å²) in [6.45, 7) is 4.18. The van der Waals surface area contributed by atoms with Gasteiger partial charge in [-0.2, -0.15) is 0 Å². The Morgan fingerprint density at radius 1 is 1.14 bits per heavy atom. The van der Waals surface area contributed by atoms with Crippen LogP contribution < -0.4 is 9.88 Å². The van der Waals surface area contributed by atoms with E-state index in [1.54, 1.807) is 0 Å². The van der Waals surface area contributed by atoms with Crippen molar-refractivity contribution in [3.63, 3.8) is 0 Å². The topological polar surface area (TPSA) is 69.4 Å². The molecule has 0 saturated carbocycles. The van der Waals surface area contributed by atoms with E-state index in [1.165, 1.54) is 0 Å². The molecular formula is C13H18Br3NO3S. The number of benzene rings is 1. The number of hydrogen-bond acceptors (Lipinski definition) is 3. The molecule has 0 aliphatic rings. The lowest BCUT2D eigenvalue weighted by atomic mass is 9.85. The van der Waals surface area contributed by atoms with Crippen LogP contribution in [0.5, 0.6) is 5.75 Å². The van der Waals surface area contributed by atoms with Crippen molar-refractivity contribution in [1.29, 1.82) is 0 Å². The highest BCUT2D eigenvalue weighted by atomic mass is 79.9. The second-order valence-corrected chi connectivity index (χ2v) is 9.24. The van der Waals surface area contributed by atoms with Gasteiger partial charge < -0.3 is 4.74 Å². The summed E-state index contributed by atoms with van der Waals surface area (Å²) in [7, 11) is -3.55. The van der Waals surface area contributed by atoms with Gasteiger partial charge in [0.05, 0.1) is 21.3 Å². The molecule has 0 unspecified atom stereocenters. The van der Waals surface area contributed by atoms with Crippen molar-refractivity contribution in [2.24, 2.45) is 10.6 Å². The highest BCUT2D eigenvalue weighted by Crippen LogP contribution is 2.38. The molecule has 0 aromatic heterocycles. The van der Waals surface area contributed by atoms with Gasteiger partial charge in [0.25, 0.3) is 0 Å². The first-order chi connectivity index (χ1) is 9.62. The summed E-state index contributed by atoms with van der Waals surface area (Å²) >= 11 is 10.3. The first-order valence-corrected chi connectivity index (χ1v) is 10.5. The summed E-state index contributed by atoms with van der Waals surface area (Å²) in [6, 6.07) is 3.75. The van der Waals surface area contributed by atoms with Gasteiger partial charge in [0.15, 0.2) is 0 Å². The molecule has 21 heavy (non-hydrogen) atoms. The Bertz CT molecular complexity index is 578. The zero-order valence-electron chi connectivity index (χ0n) is 11.8. The van der Waals surface area contributed by atoms with Crippen molar-refractivity contribution < 1.29 is 13.2 Å². The Morgan fingerprint density at radius 2 is 1.62 bits per heavy atom. The predicted molar refractivity (Wildman–Crippen MR) is 96.0 cm³/mol. The summed E-state index contributed by atoms with van der Waals surface area (Å²) < 4.78 is 31.3. The van der Waals surface area contributed by atoms with E-state index >= 15 is 0 Å². The highest BCUT2D eigenvalue weighted by Gasteiger charge is 2.32. The summed E-state index contributed by atoms with van der Waals surface area (Å²) in [5.41, 5.74) is -0.487. The Hall–Kier alpha value is 0.370. The zero-order chi connectivity index (χ0) is 16.3. The molecule has 0 radical (unpaired) electrons. The molecule has 1 aromatic rings. The van der Waals surface area contributed by atoms with Gasteiger partial charge in [-0.15, -0.1) is 0 Å². The van der Waals surface area contributed by atoms with Gasteiger partial charge >= 0.3 is 0 Å². The number of rotatable bonds is 7. The lowest BCUT2D eigenvalue weighted by molar-refractivity contribution is 0.153. The number of ether oxygens (including phenoxy) is 1. The molecule has 0 fully saturated rings. The molecule has 0 aliphatic heterocycles. The quantitative estimate of drug-likeness (QED) is 0.593. The van der Waals surface area contributed by atoms with Crippen LogP contribution in [0.1, 0.15) is 26.7 Å². The minimum absolute atomic E-state index is 0.0846. The first-order valence-electron chi connectivity index (χ1n) is 6.40. The molecule has 0 spiro atoms. The summed E-state index contributed by atoms with van der Waals surface area (Å²) in [5, 5.41) is 5.21. The molecule has 0 bridgehead atoms. The predicted octanol–water partition coefficient (Wildman–Crippen LogP) is 4.45. The Balaban J connectivity index is 2.98. The van der Waals surface area contributed by atoms with Crippen molar-refractivity contribution >= 4 is 57.8 Å². The fraction of sp³-hybridized carbons (Fsp3) is 0.538. The monoisotopic (exact) mass is 505 g/mol.